The number of urea groups is 1. The fourth-order valence-electron chi connectivity index (χ4n) is 2.79. The molecule has 3 aromatic carbocycles. The van der Waals surface area contributed by atoms with E-state index < -0.39 is 12.0 Å². The van der Waals surface area contributed by atoms with Crippen molar-refractivity contribution in [1.29, 1.82) is 0 Å². The largest absolute Gasteiger partial charge is 0.465 e. The normalized spacial score (nSPS) is 10.8. The predicted octanol–water partition coefficient (Wildman–Crippen LogP) is 4.91. The number of carbonyl (C=O) groups is 2. The Kier molecular flexibility index (Phi) is 6.31. The monoisotopic (exact) mass is 372 g/mol. The molecule has 0 bridgehead atoms. The lowest BCUT2D eigenvalue weighted by atomic mass is 9.92. The SMILES string of the molecule is COC(=O)c1ccc(NC(=O)N=CC(c2ccccc2)c2ccccc2)cc1. The third kappa shape index (κ3) is 4.92. The number of ether oxygens (including phenoxy) is 1. The summed E-state index contributed by atoms with van der Waals surface area (Å²) in [6, 6.07) is 25.7. The van der Waals surface area contributed by atoms with Crippen molar-refractivity contribution in [1.82, 2.24) is 0 Å². The first-order valence-electron chi connectivity index (χ1n) is 8.81. The molecule has 140 valence electrons. The smallest absolute Gasteiger partial charge is 0.345 e. The van der Waals surface area contributed by atoms with Gasteiger partial charge in [0, 0.05) is 17.8 Å². The maximum absolute atomic E-state index is 12.3. The van der Waals surface area contributed by atoms with Crippen LogP contribution in [0, 0.1) is 0 Å². The minimum Gasteiger partial charge on any atom is -0.465 e. The molecule has 5 heteroatoms. The molecule has 0 radical (unpaired) electrons. The van der Waals surface area contributed by atoms with Crippen molar-refractivity contribution >= 4 is 23.9 Å². The van der Waals surface area contributed by atoms with Gasteiger partial charge in [0.25, 0.3) is 0 Å². The van der Waals surface area contributed by atoms with E-state index in [2.05, 4.69) is 15.0 Å². The summed E-state index contributed by atoms with van der Waals surface area (Å²) in [6.07, 6.45) is 1.64. The Bertz CT molecular complexity index is 913. The Labute approximate surface area is 163 Å². The van der Waals surface area contributed by atoms with Gasteiger partial charge in [0.15, 0.2) is 0 Å². The van der Waals surface area contributed by atoms with E-state index in [4.69, 9.17) is 0 Å². The number of methoxy groups -OCH3 is 1. The summed E-state index contributed by atoms with van der Waals surface area (Å²) < 4.78 is 4.66. The molecular weight excluding hydrogens is 352 g/mol. The van der Waals surface area contributed by atoms with Gasteiger partial charge < -0.3 is 10.1 Å². The number of carbonyl (C=O) groups excluding carboxylic acids is 2. The molecule has 3 aromatic rings. The van der Waals surface area contributed by atoms with Gasteiger partial charge in [-0.3, -0.25) is 0 Å². The number of benzene rings is 3. The molecule has 28 heavy (non-hydrogen) atoms. The molecule has 2 amide bonds. The highest BCUT2D eigenvalue weighted by Gasteiger charge is 2.12. The van der Waals surface area contributed by atoms with E-state index in [-0.39, 0.29) is 5.92 Å². The first-order valence-corrected chi connectivity index (χ1v) is 8.81. The second kappa shape index (κ2) is 9.28. The van der Waals surface area contributed by atoms with Crippen LogP contribution in [0.3, 0.4) is 0 Å². The first-order chi connectivity index (χ1) is 13.7. The van der Waals surface area contributed by atoms with Crippen molar-refractivity contribution in [3.8, 4) is 0 Å². The Morgan fingerprint density at radius 3 is 1.89 bits per heavy atom. The summed E-state index contributed by atoms with van der Waals surface area (Å²) in [5, 5.41) is 2.70. The van der Waals surface area contributed by atoms with E-state index in [1.807, 2.05) is 60.7 Å². The van der Waals surface area contributed by atoms with Crippen molar-refractivity contribution in [3.05, 3.63) is 102 Å². The number of hydrogen-bond acceptors (Lipinski definition) is 3. The highest BCUT2D eigenvalue weighted by molar-refractivity contribution is 5.96. The number of rotatable bonds is 5. The topological polar surface area (TPSA) is 67.8 Å². The van der Waals surface area contributed by atoms with E-state index in [9.17, 15) is 9.59 Å². The van der Waals surface area contributed by atoms with E-state index >= 15 is 0 Å². The van der Waals surface area contributed by atoms with Crippen LogP contribution in [-0.2, 0) is 4.74 Å². The molecule has 0 saturated carbocycles. The fourth-order valence-corrected chi connectivity index (χ4v) is 2.79. The van der Waals surface area contributed by atoms with Crippen LogP contribution in [0.15, 0.2) is 89.9 Å². The summed E-state index contributed by atoms with van der Waals surface area (Å²) in [6.45, 7) is 0. The van der Waals surface area contributed by atoms with Gasteiger partial charge in [-0.05, 0) is 35.4 Å². The van der Waals surface area contributed by atoms with Gasteiger partial charge >= 0.3 is 12.0 Å². The van der Waals surface area contributed by atoms with E-state index in [1.165, 1.54) is 7.11 Å². The Morgan fingerprint density at radius 1 is 0.857 bits per heavy atom. The molecule has 0 aliphatic rings. The van der Waals surface area contributed by atoms with Gasteiger partial charge in [0.2, 0.25) is 0 Å². The minimum atomic E-state index is -0.484. The summed E-state index contributed by atoms with van der Waals surface area (Å²) in [5.41, 5.74) is 3.06. The molecule has 0 spiro atoms. The van der Waals surface area contributed by atoms with Crippen LogP contribution in [0.1, 0.15) is 27.4 Å². The average Bonchev–Trinajstić information content (AvgIpc) is 2.75. The molecule has 0 fully saturated rings. The zero-order valence-corrected chi connectivity index (χ0v) is 15.4. The Hall–Kier alpha value is -3.73. The Balaban J connectivity index is 1.74. The lowest BCUT2D eigenvalue weighted by Gasteiger charge is -2.13. The average molecular weight is 372 g/mol. The standard InChI is InChI=1S/C23H20N2O3/c1-28-22(26)19-12-14-20(15-13-19)25-23(27)24-16-21(17-8-4-2-5-9-17)18-10-6-3-7-11-18/h2-16,21H,1H3,(H,25,27). The number of amides is 2. The molecule has 0 aliphatic heterocycles. The van der Waals surface area contributed by atoms with Crippen LogP contribution in [0.5, 0.6) is 0 Å². The summed E-state index contributed by atoms with van der Waals surface area (Å²) >= 11 is 0. The molecule has 0 heterocycles. The van der Waals surface area contributed by atoms with Crippen molar-refractivity contribution in [2.45, 2.75) is 5.92 Å². The van der Waals surface area contributed by atoms with Crippen LogP contribution in [0.25, 0.3) is 0 Å². The molecule has 0 saturated heterocycles. The number of anilines is 1. The molecule has 0 aliphatic carbocycles. The lowest BCUT2D eigenvalue weighted by molar-refractivity contribution is 0.0600. The van der Waals surface area contributed by atoms with Crippen molar-refractivity contribution in [2.75, 3.05) is 12.4 Å². The highest BCUT2D eigenvalue weighted by atomic mass is 16.5. The predicted molar refractivity (Wildman–Crippen MR) is 110 cm³/mol. The fraction of sp³-hybridized carbons (Fsp3) is 0.0870. The van der Waals surface area contributed by atoms with E-state index in [1.54, 1.807) is 30.5 Å². The second-order valence-electron chi connectivity index (χ2n) is 6.08. The molecule has 0 aromatic heterocycles. The van der Waals surface area contributed by atoms with Crippen molar-refractivity contribution in [2.24, 2.45) is 4.99 Å². The van der Waals surface area contributed by atoms with Gasteiger partial charge in [-0.25, -0.2) is 14.6 Å². The zero-order valence-electron chi connectivity index (χ0n) is 15.4. The third-order valence-corrected chi connectivity index (χ3v) is 4.22. The number of nitrogens with zero attached hydrogens (tertiary/aromatic N) is 1. The second-order valence-corrected chi connectivity index (χ2v) is 6.08. The van der Waals surface area contributed by atoms with Crippen LogP contribution in [0.4, 0.5) is 10.5 Å². The first kappa shape index (κ1) is 19.0. The zero-order chi connectivity index (χ0) is 19.8. The van der Waals surface area contributed by atoms with Crippen molar-refractivity contribution in [3.63, 3.8) is 0 Å². The quantitative estimate of drug-likeness (QED) is 0.511. The molecule has 3 rings (SSSR count). The molecule has 0 unspecified atom stereocenters. The molecule has 0 atom stereocenters. The minimum absolute atomic E-state index is 0.130. The summed E-state index contributed by atoms with van der Waals surface area (Å²) in [7, 11) is 1.32. The highest BCUT2D eigenvalue weighted by Crippen LogP contribution is 2.22. The summed E-state index contributed by atoms with van der Waals surface area (Å²) in [4.78, 5) is 27.8. The van der Waals surface area contributed by atoms with Crippen LogP contribution in [0.2, 0.25) is 0 Å². The van der Waals surface area contributed by atoms with Crippen LogP contribution >= 0.6 is 0 Å². The van der Waals surface area contributed by atoms with Crippen LogP contribution in [-0.4, -0.2) is 25.3 Å². The van der Waals surface area contributed by atoms with Gasteiger partial charge in [0.1, 0.15) is 0 Å². The number of nitrogens with one attached hydrogen (secondary N) is 1. The Morgan fingerprint density at radius 2 is 1.39 bits per heavy atom. The van der Waals surface area contributed by atoms with Crippen molar-refractivity contribution < 1.29 is 14.3 Å². The third-order valence-electron chi connectivity index (χ3n) is 4.22. The number of hydrogen-bond donors (Lipinski definition) is 1. The number of esters is 1. The van der Waals surface area contributed by atoms with Gasteiger partial charge in [0.05, 0.1) is 12.7 Å². The summed E-state index contributed by atoms with van der Waals surface area (Å²) in [5.74, 6) is -0.556. The molecular formula is C23H20N2O3. The van der Waals surface area contributed by atoms with Crippen LogP contribution < -0.4 is 5.32 Å². The lowest BCUT2D eigenvalue weighted by Crippen LogP contribution is -2.10. The molecule has 1 N–H and O–H groups in total. The molecule has 5 nitrogen and oxygen atoms in total. The van der Waals surface area contributed by atoms with Gasteiger partial charge in [-0.15, -0.1) is 0 Å². The maximum Gasteiger partial charge on any atom is 0.345 e. The van der Waals surface area contributed by atoms with E-state index in [0.717, 1.165) is 11.1 Å². The maximum atomic E-state index is 12.3. The van der Waals surface area contributed by atoms with Gasteiger partial charge in [-0.1, -0.05) is 60.7 Å². The van der Waals surface area contributed by atoms with Gasteiger partial charge in [-0.2, -0.15) is 0 Å². The van der Waals surface area contributed by atoms with E-state index in [0.29, 0.717) is 11.3 Å². The number of aliphatic imine (C=N–C) groups is 1.